The Morgan fingerprint density at radius 1 is 1.16 bits per heavy atom. The summed E-state index contributed by atoms with van der Waals surface area (Å²) in [6.07, 6.45) is 6.38. The normalized spacial score (nSPS) is 16.2. The monoisotopic (exact) mass is 356 g/mol. The van der Waals surface area contributed by atoms with Gasteiger partial charge in [0, 0.05) is 48.9 Å². The number of halogens is 1. The highest BCUT2D eigenvalue weighted by molar-refractivity contribution is 6.30. The summed E-state index contributed by atoms with van der Waals surface area (Å²) in [5, 5.41) is 7.66. The molecule has 25 heavy (non-hydrogen) atoms. The summed E-state index contributed by atoms with van der Waals surface area (Å²) in [7, 11) is 1.81. The molecule has 0 atom stereocenters. The average molecular weight is 357 g/mol. The molecule has 0 bridgehead atoms. The molecule has 1 saturated carbocycles. The Morgan fingerprint density at radius 3 is 2.56 bits per heavy atom. The van der Waals surface area contributed by atoms with Crippen molar-refractivity contribution in [1.82, 2.24) is 15.6 Å². The molecule has 2 N–H and O–H groups in total. The van der Waals surface area contributed by atoms with Crippen molar-refractivity contribution in [3.63, 3.8) is 0 Å². The van der Waals surface area contributed by atoms with E-state index < -0.39 is 0 Å². The van der Waals surface area contributed by atoms with Crippen molar-refractivity contribution >= 4 is 17.6 Å². The van der Waals surface area contributed by atoms with E-state index in [4.69, 9.17) is 11.6 Å². The summed E-state index contributed by atoms with van der Waals surface area (Å²) < 4.78 is 0. The van der Waals surface area contributed by atoms with Gasteiger partial charge in [-0.2, -0.15) is 0 Å². The summed E-state index contributed by atoms with van der Waals surface area (Å²) >= 11 is 6.03. The van der Waals surface area contributed by atoms with Gasteiger partial charge in [-0.05, 0) is 42.7 Å². The van der Waals surface area contributed by atoms with Gasteiger partial charge >= 0.3 is 0 Å². The van der Waals surface area contributed by atoms with Crippen molar-refractivity contribution in [1.29, 1.82) is 0 Å². The number of rotatable bonds is 6. The standard InChI is InChI=1S/C20H25ClN4/c1-22-19(24-14-10-18-5-2-3-13-23-18)25-15-20(11-4-12-20)16-6-8-17(21)9-7-16/h2-3,5-9,13H,4,10-12,14-15H2,1H3,(H2,22,24,25). The molecule has 5 heteroatoms. The van der Waals surface area contributed by atoms with E-state index in [1.165, 1.54) is 24.8 Å². The molecular formula is C20H25ClN4. The Balaban J connectivity index is 1.52. The summed E-state index contributed by atoms with van der Waals surface area (Å²) in [5.74, 6) is 0.844. The lowest BCUT2D eigenvalue weighted by Crippen LogP contribution is -2.49. The summed E-state index contributed by atoms with van der Waals surface area (Å²) in [6.45, 7) is 1.70. The van der Waals surface area contributed by atoms with E-state index in [2.05, 4.69) is 32.7 Å². The first-order valence-corrected chi connectivity index (χ1v) is 9.20. The van der Waals surface area contributed by atoms with Gasteiger partial charge < -0.3 is 10.6 Å². The maximum absolute atomic E-state index is 6.03. The number of guanidine groups is 1. The van der Waals surface area contributed by atoms with E-state index in [1.54, 1.807) is 0 Å². The van der Waals surface area contributed by atoms with Gasteiger partial charge in [0.25, 0.3) is 0 Å². The molecule has 1 aromatic heterocycles. The van der Waals surface area contributed by atoms with Gasteiger partial charge in [0.05, 0.1) is 0 Å². The first-order valence-electron chi connectivity index (χ1n) is 8.82. The van der Waals surface area contributed by atoms with Crippen molar-refractivity contribution in [3.8, 4) is 0 Å². The average Bonchev–Trinajstić information content (AvgIpc) is 2.61. The first kappa shape index (κ1) is 17.7. The minimum absolute atomic E-state index is 0.198. The van der Waals surface area contributed by atoms with Crippen LogP contribution in [0.3, 0.4) is 0 Å². The van der Waals surface area contributed by atoms with Crippen molar-refractivity contribution in [2.45, 2.75) is 31.1 Å². The molecule has 4 nitrogen and oxygen atoms in total. The minimum Gasteiger partial charge on any atom is -0.356 e. The van der Waals surface area contributed by atoms with E-state index in [0.717, 1.165) is 36.2 Å². The SMILES string of the molecule is CN=C(NCCc1ccccn1)NCC1(c2ccc(Cl)cc2)CCC1. The third kappa shape index (κ3) is 4.51. The van der Waals surface area contributed by atoms with Gasteiger partial charge in [0.15, 0.2) is 5.96 Å². The second kappa shape index (κ2) is 8.34. The predicted octanol–water partition coefficient (Wildman–Crippen LogP) is 3.56. The first-order chi connectivity index (χ1) is 12.2. The Morgan fingerprint density at radius 2 is 1.96 bits per heavy atom. The Kier molecular flexibility index (Phi) is 5.92. The van der Waals surface area contributed by atoms with Crippen LogP contribution in [0.15, 0.2) is 53.7 Å². The molecule has 1 fully saturated rings. The maximum atomic E-state index is 6.03. The number of benzene rings is 1. The van der Waals surface area contributed by atoms with Crippen LogP contribution in [0.1, 0.15) is 30.5 Å². The van der Waals surface area contributed by atoms with Gasteiger partial charge in [-0.15, -0.1) is 0 Å². The number of hydrogen-bond donors (Lipinski definition) is 2. The van der Waals surface area contributed by atoms with Crippen LogP contribution >= 0.6 is 11.6 Å². The number of nitrogens with zero attached hydrogens (tertiary/aromatic N) is 2. The third-order valence-electron chi connectivity index (χ3n) is 4.98. The molecule has 0 radical (unpaired) electrons. The molecular weight excluding hydrogens is 332 g/mol. The van der Waals surface area contributed by atoms with Crippen molar-refractivity contribution in [2.24, 2.45) is 4.99 Å². The zero-order chi connectivity index (χ0) is 17.5. The van der Waals surface area contributed by atoms with Crippen LogP contribution in [0.5, 0.6) is 0 Å². The molecule has 0 amide bonds. The van der Waals surface area contributed by atoms with Crippen LogP contribution in [-0.4, -0.2) is 31.1 Å². The fraction of sp³-hybridized carbons (Fsp3) is 0.400. The molecule has 2 aromatic rings. The van der Waals surface area contributed by atoms with E-state index in [0.29, 0.717) is 0 Å². The maximum Gasteiger partial charge on any atom is 0.191 e. The molecule has 1 aromatic carbocycles. The predicted molar refractivity (Wildman–Crippen MR) is 104 cm³/mol. The summed E-state index contributed by atoms with van der Waals surface area (Å²) in [6, 6.07) is 14.3. The Labute approximate surface area is 154 Å². The quantitative estimate of drug-likeness (QED) is 0.614. The van der Waals surface area contributed by atoms with Crippen molar-refractivity contribution in [3.05, 3.63) is 64.9 Å². The largest absolute Gasteiger partial charge is 0.356 e. The fourth-order valence-corrected chi connectivity index (χ4v) is 3.43. The molecule has 132 valence electrons. The van der Waals surface area contributed by atoms with Crippen LogP contribution in [0, 0.1) is 0 Å². The number of nitrogens with one attached hydrogen (secondary N) is 2. The number of hydrogen-bond acceptors (Lipinski definition) is 2. The molecule has 1 heterocycles. The summed E-state index contributed by atoms with van der Waals surface area (Å²) in [5.41, 5.74) is 2.64. The molecule has 3 rings (SSSR count). The van der Waals surface area contributed by atoms with Crippen LogP contribution in [0.25, 0.3) is 0 Å². The minimum atomic E-state index is 0.198. The highest BCUT2D eigenvalue weighted by Gasteiger charge is 2.38. The second-order valence-electron chi connectivity index (χ2n) is 6.56. The highest BCUT2D eigenvalue weighted by atomic mass is 35.5. The fourth-order valence-electron chi connectivity index (χ4n) is 3.30. The van der Waals surface area contributed by atoms with E-state index in [9.17, 15) is 0 Å². The van der Waals surface area contributed by atoms with Gasteiger partial charge in [0.2, 0.25) is 0 Å². The highest BCUT2D eigenvalue weighted by Crippen LogP contribution is 2.43. The molecule has 0 saturated heterocycles. The third-order valence-corrected chi connectivity index (χ3v) is 5.24. The van der Waals surface area contributed by atoms with Gasteiger partial charge in [-0.3, -0.25) is 9.98 Å². The number of pyridine rings is 1. The Hall–Kier alpha value is -2.07. The van der Waals surface area contributed by atoms with Crippen LogP contribution in [0.4, 0.5) is 0 Å². The lowest BCUT2D eigenvalue weighted by atomic mass is 9.64. The number of aromatic nitrogens is 1. The zero-order valence-electron chi connectivity index (χ0n) is 14.6. The Bertz CT molecular complexity index is 693. The molecule has 1 aliphatic carbocycles. The van der Waals surface area contributed by atoms with Crippen molar-refractivity contribution in [2.75, 3.05) is 20.1 Å². The topological polar surface area (TPSA) is 49.3 Å². The van der Waals surface area contributed by atoms with Crippen LogP contribution in [-0.2, 0) is 11.8 Å². The molecule has 0 aliphatic heterocycles. The zero-order valence-corrected chi connectivity index (χ0v) is 15.4. The second-order valence-corrected chi connectivity index (χ2v) is 7.00. The van der Waals surface area contributed by atoms with Gasteiger partial charge in [-0.25, -0.2) is 0 Å². The van der Waals surface area contributed by atoms with Crippen LogP contribution in [0.2, 0.25) is 5.02 Å². The number of aliphatic imine (C=N–C) groups is 1. The van der Waals surface area contributed by atoms with E-state index in [-0.39, 0.29) is 5.41 Å². The van der Waals surface area contributed by atoms with Crippen LogP contribution < -0.4 is 10.6 Å². The molecule has 1 aliphatic rings. The van der Waals surface area contributed by atoms with Gasteiger partial charge in [0.1, 0.15) is 0 Å². The van der Waals surface area contributed by atoms with E-state index in [1.807, 2.05) is 43.6 Å². The molecule has 0 spiro atoms. The van der Waals surface area contributed by atoms with E-state index >= 15 is 0 Å². The lowest BCUT2D eigenvalue weighted by Gasteiger charge is -2.43. The summed E-state index contributed by atoms with van der Waals surface area (Å²) in [4.78, 5) is 8.69. The van der Waals surface area contributed by atoms with Gasteiger partial charge in [-0.1, -0.05) is 36.2 Å². The van der Waals surface area contributed by atoms with Crippen molar-refractivity contribution < 1.29 is 0 Å². The lowest BCUT2D eigenvalue weighted by molar-refractivity contribution is 0.244. The smallest absolute Gasteiger partial charge is 0.191 e. The molecule has 0 unspecified atom stereocenters.